The van der Waals surface area contributed by atoms with Crippen LogP contribution in [-0.4, -0.2) is 49.4 Å². The van der Waals surface area contributed by atoms with Crippen molar-refractivity contribution in [3.05, 3.63) is 47.2 Å². The van der Waals surface area contributed by atoms with Crippen LogP contribution in [0.15, 0.2) is 36.0 Å². The Bertz CT molecular complexity index is 780. The molecule has 2 rings (SSSR count). The van der Waals surface area contributed by atoms with Gasteiger partial charge >= 0.3 is 5.97 Å². The second-order valence-corrected chi connectivity index (χ2v) is 6.33. The predicted octanol–water partition coefficient (Wildman–Crippen LogP) is 1.10. The number of methoxy groups -OCH3 is 1. The van der Waals surface area contributed by atoms with Crippen molar-refractivity contribution >= 4 is 17.8 Å². The van der Waals surface area contributed by atoms with Crippen molar-refractivity contribution in [1.82, 2.24) is 15.5 Å². The van der Waals surface area contributed by atoms with Gasteiger partial charge < -0.3 is 20.3 Å². The lowest BCUT2D eigenvalue weighted by molar-refractivity contribution is -0.127. The van der Waals surface area contributed by atoms with E-state index in [4.69, 9.17) is 5.26 Å². The van der Waals surface area contributed by atoms with Crippen molar-refractivity contribution in [2.75, 3.05) is 26.7 Å². The van der Waals surface area contributed by atoms with Gasteiger partial charge in [0.05, 0.1) is 12.7 Å². The number of carbonyl (C=O) groups is 3. The standard InChI is InChI=1S/C20H24N4O4/c1-28-20(27)16-7-5-15(6-8-16)13-22-14-17(12-21)19(26)23-9-3-11-24-10-2-4-18(24)25/h5-8,14,22H,2-4,9-11,13H2,1H3,(H,23,26)/b17-14-. The summed E-state index contributed by atoms with van der Waals surface area (Å²) in [6.07, 6.45) is 3.51. The van der Waals surface area contributed by atoms with Gasteiger partial charge in [-0.2, -0.15) is 5.26 Å². The van der Waals surface area contributed by atoms with Crippen LogP contribution in [-0.2, 0) is 20.9 Å². The van der Waals surface area contributed by atoms with Gasteiger partial charge in [0.1, 0.15) is 11.6 Å². The molecule has 1 aromatic rings. The van der Waals surface area contributed by atoms with Crippen molar-refractivity contribution in [1.29, 1.82) is 5.26 Å². The number of nitriles is 1. The van der Waals surface area contributed by atoms with Crippen molar-refractivity contribution in [3.8, 4) is 6.07 Å². The van der Waals surface area contributed by atoms with Crippen LogP contribution in [0.5, 0.6) is 0 Å². The van der Waals surface area contributed by atoms with Gasteiger partial charge in [0, 0.05) is 38.8 Å². The Balaban J connectivity index is 1.74. The molecule has 0 unspecified atom stereocenters. The summed E-state index contributed by atoms with van der Waals surface area (Å²) in [5.74, 6) is -0.700. The molecular formula is C20H24N4O4. The molecule has 28 heavy (non-hydrogen) atoms. The molecule has 1 aliphatic rings. The number of carbonyl (C=O) groups excluding carboxylic acids is 3. The lowest BCUT2D eigenvalue weighted by atomic mass is 10.1. The minimum atomic E-state index is -0.455. The van der Waals surface area contributed by atoms with E-state index in [9.17, 15) is 14.4 Å². The Hall–Kier alpha value is -3.34. The third-order valence-corrected chi connectivity index (χ3v) is 4.35. The van der Waals surface area contributed by atoms with Crippen LogP contribution in [0.25, 0.3) is 0 Å². The molecule has 8 heteroatoms. The van der Waals surface area contributed by atoms with E-state index >= 15 is 0 Å². The first-order chi connectivity index (χ1) is 13.5. The fourth-order valence-electron chi connectivity index (χ4n) is 2.80. The van der Waals surface area contributed by atoms with Gasteiger partial charge in [-0.05, 0) is 30.5 Å². The van der Waals surface area contributed by atoms with Gasteiger partial charge in [0.2, 0.25) is 5.91 Å². The van der Waals surface area contributed by atoms with E-state index in [1.807, 2.05) is 6.07 Å². The van der Waals surface area contributed by atoms with Crippen LogP contribution in [0.3, 0.4) is 0 Å². The SMILES string of the molecule is COC(=O)c1ccc(CN/C=C(/C#N)C(=O)NCCCN2CCCC2=O)cc1. The monoisotopic (exact) mass is 384 g/mol. The average molecular weight is 384 g/mol. The van der Waals surface area contributed by atoms with Gasteiger partial charge in [0.15, 0.2) is 0 Å². The first-order valence-corrected chi connectivity index (χ1v) is 9.12. The number of hydrogen-bond donors (Lipinski definition) is 2. The van der Waals surface area contributed by atoms with E-state index in [2.05, 4.69) is 15.4 Å². The van der Waals surface area contributed by atoms with Crippen LogP contribution in [0.4, 0.5) is 0 Å². The molecule has 1 saturated heterocycles. The smallest absolute Gasteiger partial charge is 0.337 e. The molecule has 2 N–H and O–H groups in total. The number of nitrogens with one attached hydrogen (secondary N) is 2. The molecule has 1 heterocycles. The quantitative estimate of drug-likeness (QED) is 0.285. The molecule has 0 aliphatic carbocycles. The summed E-state index contributed by atoms with van der Waals surface area (Å²) in [4.78, 5) is 36.8. The van der Waals surface area contributed by atoms with Gasteiger partial charge in [-0.15, -0.1) is 0 Å². The first kappa shape index (κ1) is 21.0. The largest absolute Gasteiger partial charge is 0.465 e. The van der Waals surface area contributed by atoms with E-state index < -0.39 is 11.9 Å². The number of benzene rings is 1. The summed E-state index contributed by atoms with van der Waals surface area (Å²) in [5, 5.41) is 14.8. The molecule has 0 aromatic heterocycles. The highest BCUT2D eigenvalue weighted by Crippen LogP contribution is 2.09. The maximum Gasteiger partial charge on any atom is 0.337 e. The van der Waals surface area contributed by atoms with Crippen LogP contribution in [0.1, 0.15) is 35.2 Å². The zero-order valence-corrected chi connectivity index (χ0v) is 15.9. The number of hydrogen-bond acceptors (Lipinski definition) is 6. The maximum atomic E-state index is 12.1. The Kier molecular flexibility index (Phi) is 8.03. The number of esters is 1. The average Bonchev–Trinajstić information content (AvgIpc) is 3.13. The highest BCUT2D eigenvalue weighted by atomic mass is 16.5. The van der Waals surface area contributed by atoms with Crippen LogP contribution < -0.4 is 10.6 Å². The second kappa shape index (κ2) is 10.7. The third-order valence-electron chi connectivity index (χ3n) is 4.35. The minimum absolute atomic E-state index is 0.0246. The predicted molar refractivity (Wildman–Crippen MR) is 102 cm³/mol. The maximum absolute atomic E-state index is 12.1. The summed E-state index contributed by atoms with van der Waals surface area (Å²) in [6.45, 7) is 2.19. The molecule has 0 bridgehead atoms. The lowest BCUT2D eigenvalue weighted by Crippen LogP contribution is -2.31. The number of nitrogens with zero attached hydrogens (tertiary/aromatic N) is 2. The van der Waals surface area contributed by atoms with Gasteiger partial charge in [-0.1, -0.05) is 12.1 Å². The highest BCUT2D eigenvalue weighted by Gasteiger charge is 2.19. The van der Waals surface area contributed by atoms with Crippen molar-refractivity contribution in [3.63, 3.8) is 0 Å². The molecule has 148 valence electrons. The van der Waals surface area contributed by atoms with E-state index in [-0.39, 0.29) is 11.5 Å². The topological polar surface area (TPSA) is 112 Å². The molecule has 2 amide bonds. The normalized spacial score (nSPS) is 13.8. The van der Waals surface area contributed by atoms with Crippen molar-refractivity contribution < 1.29 is 19.1 Å². The Morgan fingerprint density at radius 1 is 1.32 bits per heavy atom. The molecule has 0 radical (unpaired) electrons. The molecule has 0 atom stereocenters. The molecule has 1 fully saturated rings. The van der Waals surface area contributed by atoms with Gasteiger partial charge in [-0.25, -0.2) is 4.79 Å². The summed E-state index contributed by atoms with van der Waals surface area (Å²) in [6, 6.07) is 8.69. The molecule has 0 spiro atoms. The van der Waals surface area contributed by atoms with Gasteiger partial charge in [0.25, 0.3) is 5.91 Å². The molecule has 0 saturated carbocycles. The molecule has 8 nitrogen and oxygen atoms in total. The Morgan fingerprint density at radius 3 is 2.68 bits per heavy atom. The second-order valence-electron chi connectivity index (χ2n) is 6.33. The lowest BCUT2D eigenvalue weighted by Gasteiger charge is -2.15. The number of likely N-dealkylation sites (tertiary alicyclic amines) is 1. The van der Waals surface area contributed by atoms with E-state index in [0.717, 1.165) is 18.5 Å². The number of amides is 2. The van der Waals surface area contributed by atoms with Crippen molar-refractivity contribution in [2.24, 2.45) is 0 Å². The minimum Gasteiger partial charge on any atom is -0.465 e. The van der Waals surface area contributed by atoms with E-state index in [0.29, 0.717) is 38.0 Å². The van der Waals surface area contributed by atoms with E-state index in [1.165, 1.54) is 13.3 Å². The molecule has 1 aromatic carbocycles. The van der Waals surface area contributed by atoms with Crippen LogP contribution in [0, 0.1) is 11.3 Å². The summed E-state index contributed by atoms with van der Waals surface area (Å²) >= 11 is 0. The highest BCUT2D eigenvalue weighted by molar-refractivity contribution is 5.97. The number of ether oxygens (including phenoxy) is 1. The first-order valence-electron chi connectivity index (χ1n) is 9.12. The van der Waals surface area contributed by atoms with Crippen LogP contribution in [0.2, 0.25) is 0 Å². The zero-order valence-electron chi connectivity index (χ0n) is 15.9. The Morgan fingerprint density at radius 2 is 2.07 bits per heavy atom. The summed E-state index contributed by atoms with van der Waals surface area (Å²) in [7, 11) is 1.32. The third kappa shape index (κ3) is 6.13. The van der Waals surface area contributed by atoms with Crippen molar-refractivity contribution in [2.45, 2.75) is 25.8 Å². The van der Waals surface area contributed by atoms with E-state index in [1.54, 1.807) is 29.2 Å². The Labute approximate surface area is 164 Å². The molecule has 1 aliphatic heterocycles. The fraction of sp³-hybridized carbons (Fsp3) is 0.400. The summed E-state index contributed by atoms with van der Waals surface area (Å²) in [5.41, 5.74) is 1.31. The molecular weight excluding hydrogens is 360 g/mol. The number of rotatable bonds is 9. The zero-order chi connectivity index (χ0) is 20.4. The van der Waals surface area contributed by atoms with Crippen LogP contribution >= 0.6 is 0 Å². The fourth-order valence-corrected chi connectivity index (χ4v) is 2.80. The summed E-state index contributed by atoms with van der Waals surface area (Å²) < 4.78 is 4.64. The van der Waals surface area contributed by atoms with Gasteiger partial charge in [-0.3, -0.25) is 9.59 Å².